The maximum Gasteiger partial charge on any atom is 0.0636 e. The number of nitrogens with zero attached hydrogens (tertiary/aromatic N) is 2. The number of nitrogens with two attached hydrogens (primary N) is 1. The van der Waals surface area contributed by atoms with E-state index < -0.39 is 0 Å². The summed E-state index contributed by atoms with van der Waals surface area (Å²) in [6, 6.07) is 0.757. The number of hydrogen-bond donors (Lipinski definition) is 1. The van der Waals surface area contributed by atoms with E-state index in [2.05, 4.69) is 16.8 Å². The van der Waals surface area contributed by atoms with Crippen molar-refractivity contribution in [2.75, 3.05) is 46.4 Å². The summed E-state index contributed by atoms with van der Waals surface area (Å²) in [6.07, 6.45) is 2.26. The van der Waals surface area contributed by atoms with E-state index in [0.29, 0.717) is 12.1 Å². The van der Waals surface area contributed by atoms with Gasteiger partial charge in [0.15, 0.2) is 0 Å². The van der Waals surface area contributed by atoms with Crippen LogP contribution in [0.1, 0.15) is 12.8 Å². The first kappa shape index (κ1) is 11.3. The van der Waals surface area contributed by atoms with Crippen molar-refractivity contribution in [2.24, 2.45) is 5.73 Å². The second-order valence-corrected chi connectivity index (χ2v) is 4.79. The molecule has 4 nitrogen and oxygen atoms in total. The van der Waals surface area contributed by atoms with Crippen molar-refractivity contribution in [3.63, 3.8) is 0 Å². The third kappa shape index (κ3) is 2.91. The molecule has 0 radical (unpaired) electrons. The van der Waals surface area contributed by atoms with E-state index in [4.69, 9.17) is 10.5 Å². The molecule has 2 aliphatic rings. The van der Waals surface area contributed by atoms with E-state index in [1.165, 1.54) is 19.5 Å². The molecule has 15 heavy (non-hydrogen) atoms. The van der Waals surface area contributed by atoms with Crippen LogP contribution in [0.3, 0.4) is 0 Å². The van der Waals surface area contributed by atoms with Crippen molar-refractivity contribution in [3.05, 3.63) is 0 Å². The van der Waals surface area contributed by atoms with Crippen LogP contribution in [0, 0.1) is 0 Å². The number of hydrogen-bond acceptors (Lipinski definition) is 4. The summed E-state index contributed by atoms with van der Waals surface area (Å²) in [4.78, 5) is 4.92. The third-order valence-electron chi connectivity index (χ3n) is 3.60. The SMILES string of the molecule is CN1CCCN(C2COCCC2N)CC1. The lowest BCUT2D eigenvalue weighted by Gasteiger charge is -2.37. The van der Waals surface area contributed by atoms with Gasteiger partial charge in [0.2, 0.25) is 0 Å². The molecule has 0 aromatic carbocycles. The van der Waals surface area contributed by atoms with Crippen LogP contribution < -0.4 is 5.73 Å². The summed E-state index contributed by atoms with van der Waals surface area (Å²) in [5, 5.41) is 0. The zero-order valence-electron chi connectivity index (χ0n) is 9.69. The van der Waals surface area contributed by atoms with Crippen molar-refractivity contribution in [1.29, 1.82) is 0 Å². The minimum atomic E-state index is 0.308. The summed E-state index contributed by atoms with van der Waals surface area (Å²) >= 11 is 0. The maximum atomic E-state index is 6.16. The first-order valence-corrected chi connectivity index (χ1v) is 6.03. The van der Waals surface area contributed by atoms with Crippen LogP contribution in [0.15, 0.2) is 0 Å². The Morgan fingerprint density at radius 2 is 2.07 bits per heavy atom. The highest BCUT2D eigenvalue weighted by atomic mass is 16.5. The number of rotatable bonds is 1. The average molecular weight is 213 g/mol. The molecule has 0 bridgehead atoms. The Bertz CT molecular complexity index is 200. The zero-order chi connectivity index (χ0) is 10.7. The van der Waals surface area contributed by atoms with E-state index in [1.54, 1.807) is 0 Å². The van der Waals surface area contributed by atoms with Gasteiger partial charge in [-0.2, -0.15) is 0 Å². The fourth-order valence-electron chi connectivity index (χ4n) is 2.51. The van der Waals surface area contributed by atoms with Crippen LogP contribution in [0.2, 0.25) is 0 Å². The van der Waals surface area contributed by atoms with Gasteiger partial charge in [0, 0.05) is 31.8 Å². The minimum Gasteiger partial charge on any atom is -0.380 e. The molecule has 2 heterocycles. The molecule has 2 unspecified atom stereocenters. The molecule has 0 aromatic rings. The van der Waals surface area contributed by atoms with E-state index in [1.807, 2.05) is 0 Å². The molecule has 0 amide bonds. The Kier molecular flexibility index (Phi) is 3.97. The summed E-state index contributed by atoms with van der Waals surface area (Å²) in [5.74, 6) is 0. The van der Waals surface area contributed by atoms with Crippen LogP contribution in [0.25, 0.3) is 0 Å². The van der Waals surface area contributed by atoms with Gasteiger partial charge >= 0.3 is 0 Å². The quantitative estimate of drug-likeness (QED) is 0.652. The molecule has 0 spiro atoms. The largest absolute Gasteiger partial charge is 0.380 e. The van der Waals surface area contributed by atoms with E-state index in [0.717, 1.165) is 32.7 Å². The molecule has 0 saturated carbocycles. The fourth-order valence-corrected chi connectivity index (χ4v) is 2.51. The minimum absolute atomic E-state index is 0.308. The average Bonchev–Trinajstić information content (AvgIpc) is 2.44. The highest BCUT2D eigenvalue weighted by Crippen LogP contribution is 2.14. The van der Waals surface area contributed by atoms with Gasteiger partial charge < -0.3 is 15.4 Å². The molecular weight excluding hydrogens is 190 g/mol. The van der Waals surface area contributed by atoms with Gasteiger partial charge in [-0.25, -0.2) is 0 Å². The second-order valence-electron chi connectivity index (χ2n) is 4.79. The number of likely N-dealkylation sites (N-methyl/N-ethyl adjacent to an activating group) is 1. The lowest BCUT2D eigenvalue weighted by molar-refractivity contribution is 0.00742. The smallest absolute Gasteiger partial charge is 0.0636 e. The summed E-state index contributed by atoms with van der Waals surface area (Å²) < 4.78 is 5.54. The molecule has 2 fully saturated rings. The Labute approximate surface area is 92.4 Å². The lowest BCUT2D eigenvalue weighted by atomic mass is 10.0. The second kappa shape index (κ2) is 5.25. The van der Waals surface area contributed by atoms with Gasteiger partial charge in [-0.3, -0.25) is 4.90 Å². The van der Waals surface area contributed by atoms with Crippen LogP contribution >= 0.6 is 0 Å². The van der Waals surface area contributed by atoms with Gasteiger partial charge in [0.25, 0.3) is 0 Å². The highest BCUT2D eigenvalue weighted by molar-refractivity contribution is 4.86. The predicted molar refractivity (Wildman–Crippen MR) is 60.9 cm³/mol. The van der Waals surface area contributed by atoms with Gasteiger partial charge in [-0.05, 0) is 33.0 Å². The summed E-state index contributed by atoms with van der Waals surface area (Å²) in [6.45, 7) is 6.34. The van der Waals surface area contributed by atoms with Crippen molar-refractivity contribution < 1.29 is 4.74 Å². The fraction of sp³-hybridized carbons (Fsp3) is 1.00. The monoisotopic (exact) mass is 213 g/mol. The highest BCUT2D eigenvalue weighted by Gasteiger charge is 2.28. The van der Waals surface area contributed by atoms with Crippen LogP contribution in [-0.4, -0.2) is 68.3 Å². The molecule has 4 heteroatoms. The Morgan fingerprint density at radius 1 is 1.20 bits per heavy atom. The molecule has 0 aliphatic carbocycles. The molecule has 0 aromatic heterocycles. The van der Waals surface area contributed by atoms with Crippen LogP contribution in [0.5, 0.6) is 0 Å². The molecular formula is C11H23N3O. The maximum absolute atomic E-state index is 6.16. The molecule has 2 aliphatic heterocycles. The van der Waals surface area contributed by atoms with E-state index in [9.17, 15) is 0 Å². The van der Waals surface area contributed by atoms with Gasteiger partial charge in [0.1, 0.15) is 0 Å². The molecule has 88 valence electrons. The van der Waals surface area contributed by atoms with E-state index in [-0.39, 0.29) is 0 Å². The van der Waals surface area contributed by atoms with Crippen LogP contribution in [-0.2, 0) is 4.74 Å². The first-order valence-electron chi connectivity index (χ1n) is 6.03. The van der Waals surface area contributed by atoms with Gasteiger partial charge in [-0.15, -0.1) is 0 Å². The normalized spacial score (nSPS) is 36.4. The predicted octanol–water partition coefficient (Wildman–Crippen LogP) is -0.260. The lowest BCUT2D eigenvalue weighted by Crippen LogP contribution is -2.54. The first-order chi connectivity index (χ1) is 7.27. The number of ether oxygens (including phenoxy) is 1. The topological polar surface area (TPSA) is 41.7 Å². The standard InChI is InChI=1S/C11H23N3O/c1-13-4-2-5-14(7-6-13)11-9-15-8-3-10(11)12/h10-11H,2-9,12H2,1H3. The summed E-state index contributed by atoms with van der Waals surface area (Å²) in [5.41, 5.74) is 6.16. The van der Waals surface area contributed by atoms with Gasteiger partial charge in [0.05, 0.1) is 6.61 Å². The Morgan fingerprint density at radius 3 is 2.87 bits per heavy atom. The zero-order valence-corrected chi connectivity index (χ0v) is 9.69. The Hall–Kier alpha value is -0.160. The molecule has 2 saturated heterocycles. The third-order valence-corrected chi connectivity index (χ3v) is 3.60. The summed E-state index contributed by atoms with van der Waals surface area (Å²) in [7, 11) is 2.20. The van der Waals surface area contributed by atoms with Crippen molar-refractivity contribution in [3.8, 4) is 0 Å². The molecule has 2 atom stereocenters. The van der Waals surface area contributed by atoms with Crippen molar-refractivity contribution >= 4 is 0 Å². The van der Waals surface area contributed by atoms with E-state index >= 15 is 0 Å². The van der Waals surface area contributed by atoms with Crippen LogP contribution in [0.4, 0.5) is 0 Å². The van der Waals surface area contributed by atoms with Crippen molar-refractivity contribution in [1.82, 2.24) is 9.80 Å². The van der Waals surface area contributed by atoms with Crippen molar-refractivity contribution in [2.45, 2.75) is 24.9 Å². The molecule has 2 rings (SSSR count). The van der Waals surface area contributed by atoms with Gasteiger partial charge in [-0.1, -0.05) is 0 Å². The molecule has 2 N–H and O–H groups in total. The Balaban J connectivity index is 1.90.